The predicted octanol–water partition coefficient (Wildman–Crippen LogP) is 0.816. The average Bonchev–Trinajstić information content (AvgIpc) is 3.38. The molecule has 4 N–H and O–H groups in total. The van der Waals surface area contributed by atoms with E-state index in [1.165, 1.54) is 24.4 Å². The summed E-state index contributed by atoms with van der Waals surface area (Å²) in [6, 6.07) is 7.86. The van der Waals surface area contributed by atoms with Crippen molar-refractivity contribution in [1.82, 2.24) is 24.6 Å². The molecule has 3 heterocycles. The highest BCUT2D eigenvalue weighted by Gasteiger charge is 2.20. The van der Waals surface area contributed by atoms with Gasteiger partial charge in [0.05, 0.1) is 29.6 Å². The van der Waals surface area contributed by atoms with Gasteiger partial charge in [-0.25, -0.2) is 14.2 Å². The lowest BCUT2D eigenvalue weighted by atomic mass is 10.2. The van der Waals surface area contributed by atoms with Crippen LogP contribution >= 0.6 is 0 Å². The Morgan fingerprint density at radius 3 is 2.87 bits per heavy atom. The van der Waals surface area contributed by atoms with Crippen LogP contribution in [-0.4, -0.2) is 35.7 Å². The molecule has 0 saturated heterocycles. The monoisotopic (exact) mass is 418 g/mol. The molecular weight excluding hydrogens is 403 g/mol. The van der Waals surface area contributed by atoms with Crippen LogP contribution in [0.1, 0.15) is 24.1 Å². The third-order valence-corrected chi connectivity index (χ3v) is 4.74. The number of H-pyrrole nitrogens is 2. The van der Waals surface area contributed by atoms with Gasteiger partial charge in [-0.2, -0.15) is 14.9 Å². The zero-order chi connectivity index (χ0) is 21.5. The van der Waals surface area contributed by atoms with Gasteiger partial charge in [0, 0.05) is 11.3 Å². The Labute approximate surface area is 173 Å². The summed E-state index contributed by atoms with van der Waals surface area (Å²) in [6.07, 6.45) is 5.02. The SMILES string of the molecule is N#Cc1ccc(Nc2cc(=NC3CC3)n3nc/c(=C\c4[nH]c(=O)[nH]c4O)c3n2)c(F)c1. The summed E-state index contributed by atoms with van der Waals surface area (Å²) >= 11 is 0. The molecule has 1 aromatic carbocycles. The first-order chi connectivity index (χ1) is 15.0. The number of aromatic nitrogens is 5. The van der Waals surface area contributed by atoms with Crippen LogP contribution in [0.25, 0.3) is 11.7 Å². The van der Waals surface area contributed by atoms with E-state index in [4.69, 9.17) is 5.26 Å². The van der Waals surface area contributed by atoms with Crippen molar-refractivity contribution in [3.63, 3.8) is 0 Å². The van der Waals surface area contributed by atoms with Crippen molar-refractivity contribution in [2.24, 2.45) is 4.99 Å². The average molecular weight is 418 g/mol. The first-order valence-corrected chi connectivity index (χ1v) is 9.42. The summed E-state index contributed by atoms with van der Waals surface area (Å²) in [4.78, 5) is 25.3. The molecule has 10 nitrogen and oxygen atoms in total. The molecule has 0 radical (unpaired) electrons. The van der Waals surface area contributed by atoms with Gasteiger partial charge in [-0.15, -0.1) is 0 Å². The quantitative estimate of drug-likeness (QED) is 0.386. The summed E-state index contributed by atoms with van der Waals surface area (Å²) in [5.74, 6) is -0.560. The number of benzene rings is 1. The van der Waals surface area contributed by atoms with E-state index in [1.807, 2.05) is 6.07 Å². The Morgan fingerprint density at radius 2 is 2.19 bits per heavy atom. The molecule has 154 valence electrons. The van der Waals surface area contributed by atoms with E-state index in [2.05, 4.69) is 30.4 Å². The zero-order valence-corrected chi connectivity index (χ0v) is 15.9. The van der Waals surface area contributed by atoms with Crippen LogP contribution in [0.4, 0.5) is 15.9 Å². The lowest BCUT2D eigenvalue weighted by Gasteiger charge is -2.08. The molecule has 0 unspecified atom stereocenters. The van der Waals surface area contributed by atoms with Gasteiger partial charge in [0.1, 0.15) is 17.3 Å². The summed E-state index contributed by atoms with van der Waals surface area (Å²) in [5.41, 5.74) is 0.945. The third-order valence-electron chi connectivity index (χ3n) is 4.74. The third kappa shape index (κ3) is 3.62. The number of anilines is 2. The van der Waals surface area contributed by atoms with Crippen molar-refractivity contribution in [3.05, 3.63) is 68.7 Å². The molecular formula is C20H15FN8O2. The normalized spacial score (nSPS) is 14.8. The first-order valence-electron chi connectivity index (χ1n) is 9.42. The van der Waals surface area contributed by atoms with Gasteiger partial charge in [0.15, 0.2) is 11.1 Å². The fourth-order valence-electron chi connectivity index (χ4n) is 3.08. The first kappa shape index (κ1) is 18.6. The maximum atomic E-state index is 14.4. The molecule has 5 rings (SSSR count). The second-order valence-electron chi connectivity index (χ2n) is 7.11. The van der Waals surface area contributed by atoms with Crippen LogP contribution in [-0.2, 0) is 0 Å². The maximum absolute atomic E-state index is 14.4. The lowest BCUT2D eigenvalue weighted by Crippen LogP contribution is -2.20. The smallest absolute Gasteiger partial charge is 0.326 e. The topological polar surface area (TPSA) is 147 Å². The second kappa shape index (κ2) is 7.10. The van der Waals surface area contributed by atoms with Crippen LogP contribution in [0, 0.1) is 17.1 Å². The Morgan fingerprint density at radius 1 is 1.35 bits per heavy atom. The number of nitrogens with zero attached hydrogens (tertiary/aromatic N) is 5. The highest BCUT2D eigenvalue weighted by atomic mass is 19.1. The number of nitriles is 1. The minimum Gasteiger partial charge on any atom is -0.493 e. The van der Waals surface area contributed by atoms with E-state index in [-0.39, 0.29) is 28.9 Å². The van der Waals surface area contributed by atoms with Gasteiger partial charge >= 0.3 is 5.69 Å². The minimum absolute atomic E-state index is 0.158. The standard InChI is InChI=1S/C20H15FN8O2/c21-13-5-10(8-22)1-4-14(13)25-16-7-17(24-12-2-3-12)29-18(27-16)11(9-23-29)6-15-19(30)28-20(31)26-15/h1,4-7,9,12,25,30H,2-3H2,(H2,26,28,31)/b11-6+,24-17?. The van der Waals surface area contributed by atoms with Crippen LogP contribution < -0.4 is 21.7 Å². The maximum Gasteiger partial charge on any atom is 0.326 e. The van der Waals surface area contributed by atoms with E-state index < -0.39 is 11.5 Å². The molecule has 1 saturated carbocycles. The molecule has 4 aromatic rings. The highest BCUT2D eigenvalue weighted by Crippen LogP contribution is 2.23. The van der Waals surface area contributed by atoms with E-state index >= 15 is 0 Å². The van der Waals surface area contributed by atoms with Crippen LogP contribution in [0.15, 0.2) is 40.2 Å². The molecule has 11 heteroatoms. The fourth-order valence-corrected chi connectivity index (χ4v) is 3.08. The number of rotatable bonds is 4. The number of aromatic amines is 2. The number of aromatic hydroxyl groups is 1. The highest BCUT2D eigenvalue weighted by molar-refractivity contribution is 5.62. The van der Waals surface area contributed by atoms with Gasteiger partial charge in [-0.05, 0) is 37.1 Å². The van der Waals surface area contributed by atoms with Crippen molar-refractivity contribution in [2.45, 2.75) is 18.9 Å². The molecule has 0 bridgehead atoms. The number of hydrogen-bond donors (Lipinski definition) is 4. The second-order valence-corrected chi connectivity index (χ2v) is 7.11. The fraction of sp³-hybridized carbons (Fsp3) is 0.150. The van der Waals surface area contributed by atoms with Crippen LogP contribution in [0.3, 0.4) is 0 Å². The minimum atomic E-state index is -0.587. The number of halogens is 1. The summed E-state index contributed by atoms with van der Waals surface area (Å²) in [7, 11) is 0. The number of fused-ring (bicyclic) bond motifs is 1. The molecule has 31 heavy (non-hydrogen) atoms. The number of imidazole rings is 1. The summed E-state index contributed by atoms with van der Waals surface area (Å²) in [6.45, 7) is 0. The van der Waals surface area contributed by atoms with E-state index in [0.717, 1.165) is 18.9 Å². The van der Waals surface area contributed by atoms with Gasteiger partial charge in [0.2, 0.25) is 5.88 Å². The van der Waals surface area contributed by atoms with Gasteiger partial charge < -0.3 is 15.4 Å². The number of nitrogens with one attached hydrogen (secondary N) is 3. The summed E-state index contributed by atoms with van der Waals surface area (Å²) in [5, 5.41) is 26.5. The van der Waals surface area contributed by atoms with E-state index in [0.29, 0.717) is 22.2 Å². The zero-order valence-electron chi connectivity index (χ0n) is 15.9. The molecule has 1 aliphatic rings. The van der Waals surface area contributed by atoms with Crippen molar-refractivity contribution < 1.29 is 9.50 Å². The molecule has 3 aromatic heterocycles. The molecule has 0 spiro atoms. The van der Waals surface area contributed by atoms with E-state index in [1.54, 1.807) is 10.6 Å². The van der Waals surface area contributed by atoms with Crippen molar-refractivity contribution in [2.75, 3.05) is 5.32 Å². The van der Waals surface area contributed by atoms with Crippen LogP contribution in [0.2, 0.25) is 0 Å². The molecule has 0 amide bonds. The predicted molar refractivity (Wildman–Crippen MR) is 108 cm³/mol. The molecule has 0 aliphatic heterocycles. The Bertz CT molecular complexity index is 1540. The largest absolute Gasteiger partial charge is 0.493 e. The van der Waals surface area contributed by atoms with Crippen molar-refractivity contribution in [1.29, 1.82) is 5.26 Å². The van der Waals surface area contributed by atoms with Crippen molar-refractivity contribution >= 4 is 23.2 Å². The summed E-state index contributed by atoms with van der Waals surface area (Å²) < 4.78 is 15.9. The van der Waals surface area contributed by atoms with Gasteiger partial charge in [-0.1, -0.05) is 0 Å². The van der Waals surface area contributed by atoms with Gasteiger partial charge in [-0.3, -0.25) is 9.98 Å². The van der Waals surface area contributed by atoms with E-state index in [9.17, 15) is 14.3 Å². The van der Waals surface area contributed by atoms with Crippen molar-refractivity contribution in [3.8, 4) is 11.9 Å². The molecule has 1 aliphatic carbocycles. The van der Waals surface area contributed by atoms with Crippen LogP contribution in [0.5, 0.6) is 5.88 Å². The Hall–Kier alpha value is -4.46. The lowest BCUT2D eigenvalue weighted by molar-refractivity contribution is 0.454. The Balaban J connectivity index is 1.66. The van der Waals surface area contributed by atoms with Gasteiger partial charge in [0.25, 0.3) is 0 Å². The number of hydrogen-bond acceptors (Lipinski definition) is 7. The Kier molecular flexibility index (Phi) is 4.25. The molecule has 0 atom stereocenters. The molecule has 1 fully saturated rings.